The molecular weight excluding hydrogens is 363 g/mol. The van der Waals surface area contributed by atoms with Crippen LogP contribution in [-0.4, -0.2) is 30.1 Å². The molecule has 0 bridgehead atoms. The number of hydrogen-bond acceptors (Lipinski definition) is 5. The summed E-state index contributed by atoms with van der Waals surface area (Å²) in [7, 11) is -3.42. The number of aliphatic imine (C=N–C) groups is 1. The van der Waals surface area contributed by atoms with E-state index in [1.165, 1.54) is 12.3 Å². The number of phenolic OH excluding ortho intramolecular Hbond substituents is 1. The van der Waals surface area contributed by atoms with E-state index in [4.69, 9.17) is 20.6 Å². The van der Waals surface area contributed by atoms with Crippen molar-refractivity contribution in [1.29, 1.82) is 0 Å². The summed E-state index contributed by atoms with van der Waals surface area (Å²) in [6, 6.07) is 13.8. The van der Waals surface area contributed by atoms with Crippen molar-refractivity contribution in [2.75, 3.05) is 18.3 Å². The minimum Gasteiger partial charge on any atom is -0.507 e. The van der Waals surface area contributed by atoms with Crippen molar-refractivity contribution < 1.29 is 18.7 Å². The van der Waals surface area contributed by atoms with Crippen molar-refractivity contribution in [3.63, 3.8) is 0 Å². The molecule has 0 saturated carbocycles. The minimum atomic E-state index is -3.42. The Labute approximate surface area is 151 Å². The second-order valence-corrected chi connectivity index (χ2v) is 8.15. The summed E-state index contributed by atoms with van der Waals surface area (Å²) in [5.41, 5.74) is 0.424. The Balaban J connectivity index is 1.67. The number of anilines is 1. The Hall–Kier alpha value is -1.85. The van der Waals surface area contributed by atoms with Crippen molar-refractivity contribution in [2.24, 2.45) is 4.99 Å². The van der Waals surface area contributed by atoms with Crippen LogP contribution in [0.25, 0.3) is 0 Å². The van der Waals surface area contributed by atoms with Gasteiger partial charge in [-0.05, 0) is 37.3 Å². The lowest BCUT2D eigenvalue weighted by atomic mass is 10.1. The maximum absolute atomic E-state index is 12.6. The van der Waals surface area contributed by atoms with Crippen molar-refractivity contribution in [2.45, 2.75) is 12.5 Å². The molecule has 0 aliphatic carbocycles. The normalized spacial score (nSPS) is 26.6. The smallest absolute Gasteiger partial charge is 0.432 e. The SMILES string of the molecule is CC1(N=Cc2cc(Cl)ccc2O)COP(=O)(Nc2ccccc2)OC1. The second-order valence-electron chi connectivity index (χ2n) is 5.98. The molecular formula is C17H18ClN2O4P. The fourth-order valence-corrected chi connectivity index (χ4v) is 3.94. The predicted octanol–water partition coefficient (Wildman–Crippen LogP) is 4.49. The van der Waals surface area contributed by atoms with Crippen LogP contribution in [0, 0.1) is 0 Å². The van der Waals surface area contributed by atoms with Crippen LogP contribution in [0.5, 0.6) is 5.75 Å². The van der Waals surface area contributed by atoms with Crippen LogP contribution >= 0.6 is 19.3 Å². The quantitative estimate of drug-likeness (QED) is 0.603. The standard InChI is InChI=1S/C17H18ClN2O4P/c1-17(19-10-13-9-14(18)7-8-16(13)21)11-23-25(22,24-12-17)20-15-5-3-2-4-6-15/h2-10,21H,11-12H2,1H3,(H,20,22). The van der Waals surface area contributed by atoms with Gasteiger partial charge in [0.15, 0.2) is 0 Å². The maximum Gasteiger partial charge on any atom is 0.432 e. The van der Waals surface area contributed by atoms with Crippen molar-refractivity contribution in [1.82, 2.24) is 0 Å². The maximum atomic E-state index is 12.6. The molecule has 0 amide bonds. The zero-order valence-corrected chi connectivity index (χ0v) is 15.2. The Morgan fingerprint density at radius 1 is 1.24 bits per heavy atom. The van der Waals surface area contributed by atoms with Crippen LogP contribution in [0.3, 0.4) is 0 Å². The third-order valence-corrected chi connectivity index (χ3v) is 5.34. The molecule has 1 fully saturated rings. The molecule has 1 heterocycles. The largest absolute Gasteiger partial charge is 0.507 e. The number of nitrogens with zero attached hydrogens (tertiary/aromatic N) is 1. The van der Waals surface area contributed by atoms with E-state index in [0.29, 0.717) is 16.3 Å². The highest BCUT2D eigenvalue weighted by Crippen LogP contribution is 2.52. The molecule has 2 aromatic carbocycles. The summed E-state index contributed by atoms with van der Waals surface area (Å²) in [4.78, 5) is 4.42. The van der Waals surface area contributed by atoms with E-state index < -0.39 is 13.3 Å². The lowest BCUT2D eigenvalue weighted by Gasteiger charge is -2.34. The average molecular weight is 381 g/mol. The molecule has 2 N–H and O–H groups in total. The monoisotopic (exact) mass is 380 g/mol. The number of benzene rings is 2. The van der Waals surface area contributed by atoms with Gasteiger partial charge >= 0.3 is 7.75 Å². The first-order valence-corrected chi connectivity index (χ1v) is 9.56. The van der Waals surface area contributed by atoms with E-state index in [1.807, 2.05) is 25.1 Å². The Kier molecular flexibility index (Phi) is 5.16. The van der Waals surface area contributed by atoms with Gasteiger partial charge < -0.3 is 5.11 Å². The number of phenols is 1. The Morgan fingerprint density at radius 2 is 1.92 bits per heavy atom. The van der Waals surface area contributed by atoms with Gasteiger partial charge in [-0.3, -0.25) is 19.1 Å². The van der Waals surface area contributed by atoms with Gasteiger partial charge in [0, 0.05) is 22.5 Å². The van der Waals surface area contributed by atoms with E-state index >= 15 is 0 Å². The van der Waals surface area contributed by atoms with Gasteiger partial charge in [-0.25, -0.2) is 4.57 Å². The summed E-state index contributed by atoms with van der Waals surface area (Å²) < 4.78 is 23.5. The molecule has 1 saturated heterocycles. The number of para-hydroxylation sites is 1. The van der Waals surface area contributed by atoms with Gasteiger partial charge in [-0.1, -0.05) is 29.8 Å². The molecule has 0 radical (unpaired) electrons. The van der Waals surface area contributed by atoms with Gasteiger partial charge in [0.25, 0.3) is 0 Å². The van der Waals surface area contributed by atoms with Crippen molar-refractivity contribution in [3.05, 3.63) is 59.1 Å². The summed E-state index contributed by atoms with van der Waals surface area (Å²) in [6.45, 7) is 2.04. The molecule has 2 aromatic rings. The van der Waals surface area contributed by atoms with E-state index in [2.05, 4.69) is 10.1 Å². The molecule has 0 aromatic heterocycles. The van der Waals surface area contributed by atoms with Crippen LogP contribution in [0.4, 0.5) is 5.69 Å². The first-order valence-electron chi connectivity index (χ1n) is 7.64. The van der Waals surface area contributed by atoms with Gasteiger partial charge in [0.1, 0.15) is 11.3 Å². The van der Waals surface area contributed by atoms with Gasteiger partial charge in [-0.15, -0.1) is 0 Å². The number of halogens is 1. The highest BCUT2D eigenvalue weighted by Gasteiger charge is 2.39. The lowest BCUT2D eigenvalue weighted by molar-refractivity contribution is 0.0852. The molecule has 1 aliphatic heterocycles. The van der Waals surface area contributed by atoms with Crippen LogP contribution in [0.2, 0.25) is 5.02 Å². The first-order chi connectivity index (χ1) is 11.9. The second kappa shape index (κ2) is 7.18. The molecule has 3 rings (SSSR count). The molecule has 0 spiro atoms. The Morgan fingerprint density at radius 3 is 2.60 bits per heavy atom. The summed E-state index contributed by atoms with van der Waals surface area (Å²) in [6.07, 6.45) is 1.51. The summed E-state index contributed by atoms with van der Waals surface area (Å²) in [5.74, 6) is 0.0748. The highest BCUT2D eigenvalue weighted by molar-refractivity contribution is 7.55. The van der Waals surface area contributed by atoms with Gasteiger partial charge in [-0.2, -0.15) is 0 Å². The van der Waals surface area contributed by atoms with E-state index in [1.54, 1.807) is 24.3 Å². The number of aromatic hydroxyl groups is 1. The number of rotatable bonds is 4. The van der Waals surface area contributed by atoms with E-state index in [0.717, 1.165) is 0 Å². The predicted molar refractivity (Wildman–Crippen MR) is 98.7 cm³/mol. The number of nitrogens with one attached hydrogen (secondary N) is 1. The zero-order valence-electron chi connectivity index (χ0n) is 13.6. The van der Waals surface area contributed by atoms with Gasteiger partial charge in [0.05, 0.1) is 13.2 Å². The Bertz CT molecular complexity index is 817. The zero-order chi connectivity index (χ0) is 17.9. The number of hydrogen-bond donors (Lipinski definition) is 2. The van der Waals surface area contributed by atoms with E-state index in [9.17, 15) is 9.67 Å². The molecule has 0 atom stereocenters. The third kappa shape index (κ3) is 4.61. The fourth-order valence-electron chi connectivity index (χ4n) is 2.19. The van der Waals surface area contributed by atoms with Crippen molar-refractivity contribution in [3.8, 4) is 5.75 Å². The van der Waals surface area contributed by atoms with Gasteiger partial charge in [0.2, 0.25) is 0 Å². The lowest BCUT2D eigenvalue weighted by Crippen LogP contribution is -2.38. The third-order valence-electron chi connectivity index (χ3n) is 3.64. The summed E-state index contributed by atoms with van der Waals surface area (Å²) >= 11 is 5.92. The molecule has 25 heavy (non-hydrogen) atoms. The first kappa shape index (κ1) is 18.0. The van der Waals surface area contributed by atoms with E-state index in [-0.39, 0.29) is 19.0 Å². The van der Waals surface area contributed by atoms with Crippen LogP contribution in [0.1, 0.15) is 12.5 Å². The molecule has 0 unspecified atom stereocenters. The van der Waals surface area contributed by atoms with Crippen LogP contribution < -0.4 is 5.09 Å². The minimum absolute atomic E-state index is 0.0748. The topological polar surface area (TPSA) is 80.2 Å². The summed E-state index contributed by atoms with van der Waals surface area (Å²) in [5, 5.41) is 13.1. The fraction of sp³-hybridized carbons (Fsp3) is 0.235. The average Bonchev–Trinajstić information content (AvgIpc) is 2.60. The molecule has 1 aliphatic rings. The highest BCUT2D eigenvalue weighted by atomic mass is 35.5. The molecule has 8 heteroatoms. The molecule has 132 valence electrons. The van der Waals surface area contributed by atoms with Crippen LogP contribution in [-0.2, 0) is 13.6 Å². The van der Waals surface area contributed by atoms with Crippen molar-refractivity contribution >= 4 is 31.2 Å². The molecule has 6 nitrogen and oxygen atoms in total. The van der Waals surface area contributed by atoms with Crippen LogP contribution in [0.15, 0.2) is 53.5 Å².